The number of hydrogen-bond acceptors (Lipinski definition) is 13. The third-order valence-corrected chi connectivity index (χ3v) is 16.4. The normalized spacial score (nSPS) is 22.4. The summed E-state index contributed by atoms with van der Waals surface area (Å²) in [6.45, 7) is 7.51. The molecule has 3 heterocycles. The molecule has 3 aliphatic heterocycles. The molecule has 7 rings (SSSR count). The van der Waals surface area contributed by atoms with Crippen molar-refractivity contribution in [2.24, 2.45) is 0 Å². The van der Waals surface area contributed by atoms with Crippen LogP contribution in [-0.2, 0) is 50.0 Å². The van der Waals surface area contributed by atoms with Gasteiger partial charge in [-0.1, -0.05) is 18.9 Å². The second-order valence-electron chi connectivity index (χ2n) is 19.6. The molecule has 1 aliphatic carbocycles. The van der Waals surface area contributed by atoms with Gasteiger partial charge in [-0.15, -0.1) is 0 Å². The van der Waals surface area contributed by atoms with E-state index in [4.69, 9.17) is 4.74 Å². The van der Waals surface area contributed by atoms with Crippen molar-refractivity contribution in [3.8, 4) is 5.75 Å². The largest absolute Gasteiger partial charge is 0.691 e. The molecule has 21 heteroatoms. The lowest BCUT2D eigenvalue weighted by atomic mass is 9.77. The van der Waals surface area contributed by atoms with Gasteiger partial charge in [-0.3, -0.25) is 23.7 Å². The molecule has 398 valence electrons. The van der Waals surface area contributed by atoms with Crippen LogP contribution in [-0.4, -0.2) is 91.1 Å². The topological polar surface area (TPSA) is 261 Å². The second-order valence-corrected chi connectivity index (χ2v) is 23.4. The Morgan fingerprint density at radius 1 is 0.811 bits per heavy atom. The molecule has 1 unspecified atom stereocenters. The highest BCUT2D eigenvalue weighted by atomic mass is 32.2. The van der Waals surface area contributed by atoms with E-state index in [1.807, 2.05) is 48.3 Å². The van der Waals surface area contributed by atoms with Gasteiger partial charge in [0.25, 0.3) is 20.2 Å². The molecule has 3 aromatic carbocycles. The van der Waals surface area contributed by atoms with Gasteiger partial charge in [-0.05, 0) is 156 Å². The predicted octanol–water partition coefficient (Wildman–Crippen LogP) is 7.93. The minimum absolute atomic E-state index is 0.0230. The molecular formula is C53H64N4O14S3. The molecule has 0 radical (unpaired) electrons. The fraction of sp³-hybridized carbons (Fsp3) is 0.434. The van der Waals surface area contributed by atoms with Crippen molar-refractivity contribution in [1.82, 2.24) is 10.6 Å². The minimum Gasteiger partial charge on any atom is -0.691 e. The van der Waals surface area contributed by atoms with Gasteiger partial charge in [0, 0.05) is 78.3 Å². The number of aromatic carboxylic acids is 1. The number of anilines is 1. The fourth-order valence-electron chi connectivity index (χ4n) is 10.3. The number of allylic oxidation sites excluding steroid dienone is 7. The lowest BCUT2D eigenvalue weighted by molar-refractivity contribution is -0.777. The molecule has 2 bridgehead atoms. The summed E-state index contributed by atoms with van der Waals surface area (Å²) in [4.78, 5) is 39.8. The van der Waals surface area contributed by atoms with Gasteiger partial charge < -0.3 is 30.6 Å². The first kappa shape index (κ1) is 56.1. The Hall–Kier alpha value is -5.65. The van der Waals surface area contributed by atoms with E-state index in [2.05, 4.69) is 44.5 Å². The van der Waals surface area contributed by atoms with E-state index in [1.54, 1.807) is 18.2 Å². The lowest BCUT2D eigenvalue weighted by Gasteiger charge is -2.31. The Balaban J connectivity index is 1.38. The highest BCUT2D eigenvalue weighted by Crippen LogP contribution is 2.52. The second kappa shape index (κ2) is 24.3. The minimum atomic E-state index is -4.64. The van der Waals surface area contributed by atoms with Crippen LogP contribution >= 0.6 is 12.0 Å². The molecule has 5 N–H and O–H groups in total. The number of fused-ring (bicyclic) bond motifs is 6. The number of carbonyl (C=O) groups excluding carboxylic acids is 2. The van der Waals surface area contributed by atoms with E-state index >= 15 is 0 Å². The molecule has 0 fully saturated rings. The Bertz CT molecular complexity index is 3000. The number of carboxylic acid groups (broad SMARTS) is 1. The van der Waals surface area contributed by atoms with E-state index in [0.29, 0.717) is 91.3 Å². The molecular weight excluding hydrogens is 1010 g/mol. The monoisotopic (exact) mass is 1080 g/mol. The molecule has 0 spiro atoms. The van der Waals surface area contributed by atoms with Crippen LogP contribution in [0.2, 0.25) is 0 Å². The number of ether oxygens (including phenoxy) is 1. The summed E-state index contributed by atoms with van der Waals surface area (Å²) in [5.74, 6) is -0.934. The number of carbonyl (C=O) groups is 3. The first-order chi connectivity index (χ1) is 35.2. The first-order valence-corrected chi connectivity index (χ1v) is 28.6. The van der Waals surface area contributed by atoms with Crippen LogP contribution in [0, 0.1) is 0 Å². The van der Waals surface area contributed by atoms with Crippen molar-refractivity contribution in [3.05, 3.63) is 124 Å². The average Bonchev–Trinajstić information content (AvgIpc) is 3.71. The van der Waals surface area contributed by atoms with E-state index in [-0.39, 0.29) is 54.7 Å². The number of hydrogen-bond donors (Lipinski definition) is 5. The molecule has 0 saturated heterocycles. The van der Waals surface area contributed by atoms with Crippen LogP contribution in [0.25, 0.3) is 0 Å². The van der Waals surface area contributed by atoms with Crippen molar-refractivity contribution >= 4 is 67.1 Å². The van der Waals surface area contributed by atoms with Gasteiger partial charge in [-0.25, -0.2) is 4.79 Å². The van der Waals surface area contributed by atoms with Crippen molar-refractivity contribution in [1.29, 1.82) is 0 Å². The quantitative estimate of drug-likeness (QED) is 0.0401. The Labute approximate surface area is 436 Å². The number of amides is 2. The number of nitrogens with one attached hydrogen (secondary N) is 2. The predicted molar refractivity (Wildman–Crippen MR) is 277 cm³/mol. The summed E-state index contributed by atoms with van der Waals surface area (Å²) in [5, 5.41) is 29.9. The first-order valence-electron chi connectivity index (χ1n) is 24.8. The van der Waals surface area contributed by atoms with Gasteiger partial charge in [-0.2, -0.15) is 25.7 Å². The molecule has 0 aromatic heterocycles. The number of nitrogens with zero attached hydrogens (tertiary/aromatic N) is 2. The molecule has 4 aliphatic rings. The van der Waals surface area contributed by atoms with Crippen molar-refractivity contribution in [3.63, 3.8) is 0 Å². The van der Waals surface area contributed by atoms with E-state index < -0.39 is 42.8 Å². The van der Waals surface area contributed by atoms with Crippen LogP contribution in [0.3, 0.4) is 0 Å². The zero-order valence-corrected chi connectivity index (χ0v) is 44.2. The molecule has 2 amide bonds. The van der Waals surface area contributed by atoms with Crippen LogP contribution < -0.4 is 25.5 Å². The summed E-state index contributed by atoms with van der Waals surface area (Å²) < 4.78 is 83.0. The average molecular weight is 1080 g/mol. The zero-order valence-electron chi connectivity index (χ0n) is 41.8. The Kier molecular flexibility index (Phi) is 18.5. The third-order valence-electron chi connectivity index (χ3n) is 14.1. The summed E-state index contributed by atoms with van der Waals surface area (Å²) in [6.07, 6.45) is 15.0. The van der Waals surface area contributed by atoms with Gasteiger partial charge in [0.2, 0.25) is 17.5 Å². The van der Waals surface area contributed by atoms with Crippen LogP contribution in [0.1, 0.15) is 126 Å². The molecule has 0 saturated carbocycles. The highest BCUT2D eigenvalue weighted by molar-refractivity contribution is 7.94. The highest BCUT2D eigenvalue weighted by Gasteiger charge is 2.45. The Morgan fingerprint density at radius 3 is 2.18 bits per heavy atom. The molecule has 3 aromatic rings. The molecule has 1 atom stereocenters. The zero-order chi connectivity index (χ0) is 53.3. The summed E-state index contributed by atoms with van der Waals surface area (Å²) in [5.41, 5.74) is 5.09. The number of rotatable bonds is 11. The smallest absolute Gasteiger partial charge is 0.335 e. The SMILES string of the molecule is CC1(C)C2=[N+](CCCCCC(=O)NCCNC(=O)CCCCCC3(C)/C(=C/C=C4\CCCC(=C4Oc4ccc(C(=O)O)cc4)/C=C/2)N(CCCS(=O)(=O)O)c2ccc(S(=O)(=O)O)cc23)c2ccc(SOO[O-])cc21. The molecule has 74 heavy (non-hydrogen) atoms. The number of benzene rings is 3. The van der Waals surface area contributed by atoms with Crippen LogP contribution in [0.15, 0.2) is 117 Å². The van der Waals surface area contributed by atoms with Crippen LogP contribution in [0.4, 0.5) is 11.4 Å². The van der Waals surface area contributed by atoms with Gasteiger partial charge >= 0.3 is 5.97 Å². The maximum atomic E-state index is 12.9. The van der Waals surface area contributed by atoms with Crippen molar-refractivity contribution in [2.45, 2.75) is 125 Å². The summed E-state index contributed by atoms with van der Waals surface area (Å²) in [7, 11) is -8.98. The third kappa shape index (κ3) is 13.8. The van der Waals surface area contributed by atoms with Gasteiger partial charge in [0.05, 0.1) is 33.7 Å². The van der Waals surface area contributed by atoms with Crippen molar-refractivity contribution in [2.75, 3.05) is 36.8 Å². The lowest BCUT2D eigenvalue weighted by Crippen LogP contribution is -2.34. The molecule has 18 nitrogen and oxygen atoms in total. The van der Waals surface area contributed by atoms with Gasteiger partial charge in [0.15, 0.2) is 5.71 Å². The number of carboxylic acids is 1. The Morgan fingerprint density at radius 2 is 1.51 bits per heavy atom. The summed E-state index contributed by atoms with van der Waals surface area (Å²) in [6, 6.07) is 16.3. The fourth-order valence-corrected chi connectivity index (χ4v) is 11.7. The van der Waals surface area contributed by atoms with Crippen molar-refractivity contribution < 1.29 is 69.4 Å². The standard InChI is InChI=1S/C53H64N4O14S3/c1-52(2)42-34-40(72-71-70-62)22-24-44(42)56-31-9-5-7-15-49(59)55-30-29-54-48(58)14-6-4-8-28-53(3)43-35-41(74(66,67)68)23-25-45(43)57(32-11-33-73(63,64)65)47(53)27-19-37-13-10-12-36(18-26-46(52)56)50(37)69-39-20-16-38(17-21-39)51(60)61/h16-27,34-35H,4-15,28-33H2,1-3H3,(H5-,54,55,58,59,60,61,62,63,64,65,66,67,68). The van der Waals surface area contributed by atoms with E-state index in [0.717, 1.165) is 59.4 Å². The van der Waals surface area contributed by atoms with E-state index in [9.17, 15) is 50.7 Å². The van der Waals surface area contributed by atoms with E-state index in [1.165, 1.54) is 24.3 Å². The van der Waals surface area contributed by atoms with Crippen LogP contribution in [0.5, 0.6) is 5.75 Å². The maximum Gasteiger partial charge on any atom is 0.335 e. The van der Waals surface area contributed by atoms with Gasteiger partial charge in [0.1, 0.15) is 18.1 Å². The summed E-state index contributed by atoms with van der Waals surface area (Å²) >= 11 is 0.810. The maximum absolute atomic E-state index is 12.9.